The van der Waals surface area contributed by atoms with E-state index in [9.17, 15) is 4.79 Å². The van der Waals surface area contributed by atoms with E-state index in [1.165, 1.54) is 0 Å². The summed E-state index contributed by atoms with van der Waals surface area (Å²) in [6.07, 6.45) is 3.54. The summed E-state index contributed by atoms with van der Waals surface area (Å²) in [5.74, 6) is 0.897. The van der Waals surface area contributed by atoms with E-state index < -0.39 is 0 Å². The van der Waals surface area contributed by atoms with Crippen LogP contribution in [0.25, 0.3) is 11.3 Å². The number of pyridine rings is 1. The molecule has 2 aromatic heterocycles. The number of nitrogens with one attached hydrogen (secondary N) is 1. The van der Waals surface area contributed by atoms with Crippen molar-refractivity contribution in [2.24, 2.45) is 0 Å². The normalized spacial score (nSPS) is 14.5. The molecule has 0 radical (unpaired) electrons. The third-order valence-corrected chi connectivity index (χ3v) is 5.16. The highest BCUT2D eigenvalue weighted by atomic mass is 16.2. The molecule has 3 N–H and O–H groups in total. The molecule has 8 heteroatoms. The van der Waals surface area contributed by atoms with Crippen LogP contribution in [0.3, 0.4) is 0 Å². The number of likely N-dealkylation sites (N-methyl/N-ethyl adjacent to an activating group) is 1. The van der Waals surface area contributed by atoms with Gasteiger partial charge in [-0.15, -0.1) is 0 Å². The highest BCUT2D eigenvalue weighted by Gasteiger charge is 2.20. The Morgan fingerprint density at radius 1 is 1.10 bits per heavy atom. The Hall–Kier alpha value is -3.52. The topological polar surface area (TPSA) is 100 Å². The first kappa shape index (κ1) is 19.8. The van der Waals surface area contributed by atoms with Crippen molar-refractivity contribution in [1.82, 2.24) is 24.8 Å². The van der Waals surface area contributed by atoms with Gasteiger partial charge in [-0.05, 0) is 30.8 Å². The predicted octanol–water partition coefficient (Wildman–Crippen LogP) is 2.12. The molecule has 30 heavy (non-hydrogen) atoms. The number of amides is 1. The summed E-state index contributed by atoms with van der Waals surface area (Å²) in [5, 5.41) is 3.25. The molecule has 1 fully saturated rings. The van der Waals surface area contributed by atoms with Gasteiger partial charge in [-0.1, -0.05) is 18.2 Å². The van der Waals surface area contributed by atoms with Gasteiger partial charge < -0.3 is 20.9 Å². The van der Waals surface area contributed by atoms with Crippen LogP contribution < -0.4 is 11.1 Å². The molecule has 3 heterocycles. The van der Waals surface area contributed by atoms with Gasteiger partial charge in [0.2, 0.25) is 5.95 Å². The fourth-order valence-corrected chi connectivity index (χ4v) is 3.38. The largest absolute Gasteiger partial charge is 0.368 e. The lowest BCUT2D eigenvalue weighted by Gasteiger charge is -2.32. The van der Waals surface area contributed by atoms with Crippen LogP contribution in [-0.4, -0.2) is 63.9 Å². The molecule has 154 valence electrons. The van der Waals surface area contributed by atoms with Crippen molar-refractivity contribution >= 4 is 17.7 Å². The van der Waals surface area contributed by atoms with Crippen molar-refractivity contribution in [3.8, 4) is 11.3 Å². The number of rotatable bonds is 5. The Balaban J connectivity index is 1.47. The van der Waals surface area contributed by atoms with Crippen molar-refractivity contribution < 1.29 is 4.79 Å². The number of nitrogens with zero attached hydrogens (tertiary/aromatic N) is 5. The summed E-state index contributed by atoms with van der Waals surface area (Å²) >= 11 is 0. The maximum atomic E-state index is 12.7. The number of benzene rings is 1. The minimum Gasteiger partial charge on any atom is -0.368 e. The molecule has 0 saturated carbocycles. The summed E-state index contributed by atoms with van der Waals surface area (Å²) in [5.41, 5.74) is 9.22. The van der Waals surface area contributed by atoms with Gasteiger partial charge in [0.15, 0.2) is 0 Å². The van der Waals surface area contributed by atoms with Gasteiger partial charge in [0.25, 0.3) is 5.91 Å². The summed E-state index contributed by atoms with van der Waals surface area (Å²) in [6, 6.07) is 13.2. The van der Waals surface area contributed by atoms with Crippen LogP contribution in [0.4, 0.5) is 11.8 Å². The SMILES string of the molecule is CN1CCN(C(=O)c2ccc(-c3cc(NCc4cccnc4)nc(N)n3)cc2)CC1. The lowest BCUT2D eigenvalue weighted by molar-refractivity contribution is 0.0664. The van der Waals surface area contributed by atoms with Crippen molar-refractivity contribution in [1.29, 1.82) is 0 Å². The number of anilines is 2. The number of hydrogen-bond acceptors (Lipinski definition) is 7. The third kappa shape index (κ3) is 4.72. The van der Waals surface area contributed by atoms with Crippen LogP contribution in [0.1, 0.15) is 15.9 Å². The smallest absolute Gasteiger partial charge is 0.253 e. The van der Waals surface area contributed by atoms with Gasteiger partial charge in [-0.3, -0.25) is 9.78 Å². The molecule has 0 spiro atoms. The Morgan fingerprint density at radius 2 is 1.87 bits per heavy atom. The molecule has 1 aromatic carbocycles. The first-order chi connectivity index (χ1) is 14.6. The van der Waals surface area contributed by atoms with E-state index in [4.69, 9.17) is 5.73 Å². The minimum absolute atomic E-state index is 0.0654. The molecule has 3 aromatic rings. The van der Waals surface area contributed by atoms with Gasteiger partial charge in [-0.25, -0.2) is 4.98 Å². The lowest BCUT2D eigenvalue weighted by atomic mass is 10.1. The average molecular weight is 403 g/mol. The molecule has 1 aliphatic rings. The number of carbonyl (C=O) groups is 1. The lowest BCUT2D eigenvalue weighted by Crippen LogP contribution is -2.47. The van der Waals surface area contributed by atoms with E-state index in [0.29, 0.717) is 23.6 Å². The van der Waals surface area contributed by atoms with Crippen LogP contribution in [0.15, 0.2) is 54.9 Å². The Kier molecular flexibility index (Phi) is 5.85. The molecule has 0 bridgehead atoms. The summed E-state index contributed by atoms with van der Waals surface area (Å²) < 4.78 is 0. The fraction of sp³-hybridized carbons (Fsp3) is 0.273. The number of nitrogens with two attached hydrogens (primary N) is 1. The van der Waals surface area contributed by atoms with Crippen LogP contribution in [0.2, 0.25) is 0 Å². The number of nitrogen functional groups attached to an aromatic ring is 1. The molecule has 4 rings (SSSR count). The molecular formula is C22H25N7O. The second-order valence-electron chi connectivity index (χ2n) is 7.38. The molecule has 0 unspecified atom stereocenters. The summed E-state index contributed by atoms with van der Waals surface area (Å²) in [6.45, 7) is 3.90. The minimum atomic E-state index is 0.0654. The van der Waals surface area contributed by atoms with E-state index in [2.05, 4.69) is 32.2 Å². The van der Waals surface area contributed by atoms with Gasteiger partial charge in [0.05, 0.1) is 5.69 Å². The van der Waals surface area contributed by atoms with Crippen LogP contribution in [0.5, 0.6) is 0 Å². The highest BCUT2D eigenvalue weighted by Crippen LogP contribution is 2.22. The highest BCUT2D eigenvalue weighted by molar-refractivity contribution is 5.94. The third-order valence-electron chi connectivity index (χ3n) is 5.16. The summed E-state index contributed by atoms with van der Waals surface area (Å²) in [7, 11) is 2.07. The van der Waals surface area contributed by atoms with E-state index in [0.717, 1.165) is 37.3 Å². The molecule has 1 aliphatic heterocycles. The van der Waals surface area contributed by atoms with Gasteiger partial charge in [-0.2, -0.15) is 4.98 Å². The van der Waals surface area contributed by atoms with Gasteiger partial charge in [0, 0.05) is 62.3 Å². The maximum absolute atomic E-state index is 12.7. The molecule has 0 atom stereocenters. The van der Waals surface area contributed by atoms with Crippen molar-refractivity contribution in [2.75, 3.05) is 44.3 Å². The first-order valence-electron chi connectivity index (χ1n) is 9.94. The zero-order valence-corrected chi connectivity index (χ0v) is 17.0. The number of hydrogen-bond donors (Lipinski definition) is 2. The Morgan fingerprint density at radius 3 is 2.57 bits per heavy atom. The number of aromatic nitrogens is 3. The monoisotopic (exact) mass is 403 g/mol. The average Bonchev–Trinajstić information content (AvgIpc) is 2.78. The van der Waals surface area contributed by atoms with Crippen molar-refractivity contribution in [3.63, 3.8) is 0 Å². The van der Waals surface area contributed by atoms with Crippen molar-refractivity contribution in [3.05, 3.63) is 66.0 Å². The molecule has 1 saturated heterocycles. The Bertz CT molecular complexity index is 1000. The molecular weight excluding hydrogens is 378 g/mol. The first-order valence-corrected chi connectivity index (χ1v) is 9.94. The maximum Gasteiger partial charge on any atom is 0.253 e. The predicted molar refractivity (Wildman–Crippen MR) is 117 cm³/mol. The second kappa shape index (κ2) is 8.87. The molecule has 8 nitrogen and oxygen atoms in total. The standard InChI is InChI=1S/C22H25N7O/c1-28-9-11-29(12-10-28)21(30)18-6-4-17(5-7-18)19-13-20(27-22(23)26-19)25-15-16-3-2-8-24-14-16/h2-8,13-14H,9-12,15H2,1H3,(H3,23,25,26,27). The fourth-order valence-electron chi connectivity index (χ4n) is 3.38. The van der Waals surface area contributed by atoms with Crippen LogP contribution >= 0.6 is 0 Å². The van der Waals surface area contributed by atoms with E-state index in [-0.39, 0.29) is 11.9 Å². The second-order valence-corrected chi connectivity index (χ2v) is 7.38. The van der Waals surface area contributed by atoms with Crippen LogP contribution in [0, 0.1) is 0 Å². The zero-order chi connectivity index (χ0) is 20.9. The summed E-state index contributed by atoms with van der Waals surface area (Å²) in [4.78, 5) is 29.6. The zero-order valence-electron chi connectivity index (χ0n) is 17.0. The van der Waals surface area contributed by atoms with Crippen molar-refractivity contribution in [2.45, 2.75) is 6.54 Å². The van der Waals surface area contributed by atoms with Crippen LogP contribution in [-0.2, 0) is 6.54 Å². The van der Waals surface area contributed by atoms with E-state index in [1.807, 2.05) is 47.4 Å². The van der Waals surface area contributed by atoms with E-state index in [1.54, 1.807) is 12.4 Å². The quantitative estimate of drug-likeness (QED) is 0.673. The van der Waals surface area contributed by atoms with E-state index >= 15 is 0 Å². The Labute approximate surface area is 175 Å². The number of carbonyl (C=O) groups excluding carboxylic acids is 1. The molecule has 0 aliphatic carbocycles. The van der Waals surface area contributed by atoms with Gasteiger partial charge in [0.1, 0.15) is 5.82 Å². The van der Waals surface area contributed by atoms with Gasteiger partial charge >= 0.3 is 0 Å². The molecule has 1 amide bonds. The number of piperazine rings is 1.